The maximum absolute atomic E-state index is 12.8. The second-order valence-electron chi connectivity index (χ2n) is 5.87. The first-order valence-electron chi connectivity index (χ1n) is 7.87. The number of nitrogens with zero attached hydrogens (tertiary/aromatic N) is 2. The minimum Gasteiger partial charge on any atom is -0.492 e. The zero-order chi connectivity index (χ0) is 17.9. The average molecular weight is 335 g/mol. The Morgan fingerprint density at radius 2 is 1.92 bits per heavy atom. The van der Waals surface area contributed by atoms with Gasteiger partial charge in [-0.2, -0.15) is 5.26 Å². The van der Waals surface area contributed by atoms with Crippen LogP contribution in [-0.4, -0.2) is 30.0 Å². The summed E-state index contributed by atoms with van der Waals surface area (Å²) in [6.07, 6.45) is 0. The number of benzene rings is 2. The third kappa shape index (κ3) is 3.17. The van der Waals surface area contributed by atoms with Crippen LogP contribution < -0.4 is 10.1 Å². The number of imide groups is 1. The molecular weight excluding hydrogens is 318 g/mol. The van der Waals surface area contributed by atoms with E-state index in [-0.39, 0.29) is 19.1 Å². The Morgan fingerprint density at radius 3 is 2.64 bits per heavy atom. The molecule has 3 amide bonds. The van der Waals surface area contributed by atoms with E-state index in [1.807, 2.05) is 36.4 Å². The molecule has 3 rings (SSSR count). The summed E-state index contributed by atoms with van der Waals surface area (Å²) in [7, 11) is 0. The van der Waals surface area contributed by atoms with Crippen LogP contribution in [0, 0.1) is 11.3 Å². The van der Waals surface area contributed by atoms with Gasteiger partial charge in [-0.25, -0.2) is 4.79 Å². The fourth-order valence-electron chi connectivity index (χ4n) is 2.77. The van der Waals surface area contributed by atoms with Crippen molar-refractivity contribution in [3.8, 4) is 11.8 Å². The second kappa shape index (κ2) is 6.65. The molecule has 1 atom stereocenters. The van der Waals surface area contributed by atoms with Crippen LogP contribution in [0.25, 0.3) is 0 Å². The highest BCUT2D eigenvalue weighted by atomic mass is 16.5. The van der Waals surface area contributed by atoms with Crippen molar-refractivity contribution in [2.75, 3.05) is 13.2 Å². The van der Waals surface area contributed by atoms with Crippen molar-refractivity contribution in [1.82, 2.24) is 10.2 Å². The molecule has 1 saturated heterocycles. The van der Waals surface area contributed by atoms with E-state index in [0.29, 0.717) is 16.9 Å². The van der Waals surface area contributed by atoms with Gasteiger partial charge in [-0.1, -0.05) is 30.3 Å². The summed E-state index contributed by atoms with van der Waals surface area (Å²) in [5.41, 5.74) is -0.167. The van der Waals surface area contributed by atoms with Gasteiger partial charge in [0.15, 0.2) is 0 Å². The summed E-state index contributed by atoms with van der Waals surface area (Å²) >= 11 is 0. The number of amides is 3. The van der Waals surface area contributed by atoms with Crippen LogP contribution in [0.5, 0.6) is 5.75 Å². The van der Waals surface area contributed by atoms with Crippen LogP contribution in [-0.2, 0) is 10.3 Å². The lowest BCUT2D eigenvalue weighted by atomic mass is 9.91. The number of rotatable bonds is 5. The summed E-state index contributed by atoms with van der Waals surface area (Å²) in [4.78, 5) is 26.2. The zero-order valence-corrected chi connectivity index (χ0v) is 13.7. The first kappa shape index (κ1) is 16.5. The zero-order valence-electron chi connectivity index (χ0n) is 13.7. The van der Waals surface area contributed by atoms with E-state index in [2.05, 4.69) is 5.32 Å². The van der Waals surface area contributed by atoms with Gasteiger partial charge in [0, 0.05) is 0 Å². The van der Waals surface area contributed by atoms with E-state index in [1.165, 1.54) is 0 Å². The van der Waals surface area contributed by atoms with Gasteiger partial charge in [0.05, 0.1) is 18.2 Å². The van der Waals surface area contributed by atoms with E-state index in [0.717, 1.165) is 4.90 Å². The smallest absolute Gasteiger partial charge is 0.325 e. The van der Waals surface area contributed by atoms with E-state index in [4.69, 9.17) is 10.00 Å². The Kier molecular flexibility index (Phi) is 4.40. The number of ether oxygens (including phenoxy) is 1. The third-order valence-corrected chi connectivity index (χ3v) is 4.17. The van der Waals surface area contributed by atoms with E-state index >= 15 is 0 Å². The maximum Gasteiger partial charge on any atom is 0.325 e. The van der Waals surface area contributed by atoms with Gasteiger partial charge in [-0.05, 0) is 36.8 Å². The number of nitriles is 1. The summed E-state index contributed by atoms with van der Waals surface area (Å²) in [6, 6.07) is 17.5. The maximum atomic E-state index is 12.8. The molecule has 25 heavy (non-hydrogen) atoms. The Balaban J connectivity index is 1.72. The minimum absolute atomic E-state index is 0.146. The van der Waals surface area contributed by atoms with Crippen LogP contribution in [0.3, 0.4) is 0 Å². The van der Waals surface area contributed by atoms with Crippen molar-refractivity contribution in [3.05, 3.63) is 65.7 Å². The normalized spacial score (nSPS) is 19.4. The standard InChI is InChI=1S/C19H17N3O3/c1-19(15-7-5-6-14(12-15)13-20)17(23)22(18(24)21-19)10-11-25-16-8-3-2-4-9-16/h2-9,12H,10-11H2,1H3,(H,21,24)/t19-/m0/s1. The number of hydrogen-bond acceptors (Lipinski definition) is 4. The lowest BCUT2D eigenvalue weighted by molar-refractivity contribution is -0.131. The molecule has 0 bridgehead atoms. The monoisotopic (exact) mass is 335 g/mol. The van der Waals surface area contributed by atoms with Gasteiger partial charge in [0.25, 0.3) is 5.91 Å². The van der Waals surface area contributed by atoms with Crippen LogP contribution in [0.2, 0.25) is 0 Å². The molecule has 0 aliphatic carbocycles. The largest absolute Gasteiger partial charge is 0.492 e. The Hall–Kier alpha value is -3.33. The van der Waals surface area contributed by atoms with Crippen molar-refractivity contribution in [2.45, 2.75) is 12.5 Å². The molecule has 1 fully saturated rings. The molecule has 2 aromatic carbocycles. The van der Waals surface area contributed by atoms with E-state index < -0.39 is 11.6 Å². The molecule has 2 aromatic rings. The fourth-order valence-corrected chi connectivity index (χ4v) is 2.77. The highest BCUT2D eigenvalue weighted by molar-refractivity contribution is 6.07. The number of carbonyl (C=O) groups is 2. The minimum atomic E-state index is -1.18. The lowest BCUT2D eigenvalue weighted by Gasteiger charge is -2.22. The second-order valence-corrected chi connectivity index (χ2v) is 5.87. The van der Waals surface area contributed by atoms with Crippen molar-refractivity contribution in [3.63, 3.8) is 0 Å². The summed E-state index contributed by atoms with van der Waals surface area (Å²) < 4.78 is 5.56. The van der Waals surface area contributed by atoms with Crippen molar-refractivity contribution >= 4 is 11.9 Å². The predicted octanol–water partition coefficient (Wildman–Crippen LogP) is 2.40. The third-order valence-electron chi connectivity index (χ3n) is 4.17. The lowest BCUT2D eigenvalue weighted by Crippen LogP contribution is -2.41. The van der Waals surface area contributed by atoms with Gasteiger partial charge in [0.1, 0.15) is 17.9 Å². The highest BCUT2D eigenvalue weighted by Crippen LogP contribution is 2.29. The van der Waals surface area contributed by atoms with Crippen LogP contribution in [0.4, 0.5) is 4.79 Å². The molecule has 0 radical (unpaired) electrons. The van der Waals surface area contributed by atoms with Crippen LogP contribution >= 0.6 is 0 Å². The summed E-state index contributed by atoms with van der Waals surface area (Å²) in [5, 5.41) is 11.8. The quantitative estimate of drug-likeness (QED) is 0.851. The molecule has 0 spiro atoms. The average Bonchev–Trinajstić information content (AvgIpc) is 2.86. The Morgan fingerprint density at radius 1 is 1.16 bits per heavy atom. The first-order chi connectivity index (χ1) is 12.0. The first-order valence-corrected chi connectivity index (χ1v) is 7.87. The van der Waals surface area contributed by atoms with Gasteiger partial charge < -0.3 is 10.1 Å². The molecule has 126 valence electrons. The van der Waals surface area contributed by atoms with Crippen molar-refractivity contribution in [2.24, 2.45) is 0 Å². The number of urea groups is 1. The number of nitrogens with one attached hydrogen (secondary N) is 1. The molecule has 1 N–H and O–H groups in total. The molecule has 6 nitrogen and oxygen atoms in total. The van der Waals surface area contributed by atoms with Crippen LogP contribution in [0.15, 0.2) is 54.6 Å². The Labute approximate surface area is 145 Å². The molecule has 6 heteroatoms. The van der Waals surface area contributed by atoms with Crippen LogP contribution in [0.1, 0.15) is 18.1 Å². The van der Waals surface area contributed by atoms with Gasteiger partial charge >= 0.3 is 6.03 Å². The number of para-hydroxylation sites is 1. The van der Waals surface area contributed by atoms with Gasteiger partial charge in [0.2, 0.25) is 0 Å². The molecule has 0 aromatic heterocycles. The molecule has 1 aliphatic heterocycles. The SMILES string of the molecule is C[C@@]1(c2cccc(C#N)c2)NC(=O)N(CCOc2ccccc2)C1=O. The molecule has 0 unspecified atom stereocenters. The topological polar surface area (TPSA) is 82.4 Å². The molecule has 0 saturated carbocycles. The van der Waals surface area contributed by atoms with E-state index in [9.17, 15) is 9.59 Å². The van der Waals surface area contributed by atoms with Gasteiger partial charge in [-0.3, -0.25) is 9.69 Å². The molecular formula is C19H17N3O3. The van der Waals surface area contributed by atoms with Gasteiger partial charge in [-0.15, -0.1) is 0 Å². The highest BCUT2D eigenvalue weighted by Gasteiger charge is 2.48. The van der Waals surface area contributed by atoms with E-state index in [1.54, 1.807) is 31.2 Å². The number of carbonyl (C=O) groups excluding carboxylic acids is 2. The van der Waals surface area contributed by atoms with Crippen molar-refractivity contribution < 1.29 is 14.3 Å². The van der Waals surface area contributed by atoms with Crippen molar-refractivity contribution in [1.29, 1.82) is 5.26 Å². The predicted molar refractivity (Wildman–Crippen MR) is 90.7 cm³/mol. The molecule has 1 heterocycles. The fraction of sp³-hybridized carbons (Fsp3) is 0.211. The Bertz CT molecular complexity index is 844. The molecule has 1 aliphatic rings. The number of hydrogen-bond donors (Lipinski definition) is 1. The summed E-state index contributed by atoms with van der Waals surface area (Å²) in [5.74, 6) is 0.322. The summed E-state index contributed by atoms with van der Waals surface area (Å²) in [6.45, 7) is 1.99.